The molecule has 0 atom stereocenters. The van der Waals surface area contributed by atoms with Gasteiger partial charge in [0, 0.05) is 12.0 Å². The van der Waals surface area contributed by atoms with Crippen molar-refractivity contribution in [3.63, 3.8) is 0 Å². The predicted octanol–water partition coefficient (Wildman–Crippen LogP) is 6.62. The van der Waals surface area contributed by atoms with Crippen molar-refractivity contribution in [1.82, 2.24) is 0 Å². The summed E-state index contributed by atoms with van der Waals surface area (Å²) in [5.74, 6) is -7.63. The van der Waals surface area contributed by atoms with Gasteiger partial charge in [-0.1, -0.05) is 31.5 Å². The predicted molar refractivity (Wildman–Crippen MR) is 108 cm³/mol. The van der Waals surface area contributed by atoms with Crippen LogP contribution in [0, 0.1) is 29.1 Å². The smallest absolute Gasteiger partial charge is 0.429 e. The lowest BCUT2D eigenvalue weighted by atomic mass is 9.96. The topological polar surface area (TPSA) is 27.7 Å². The lowest BCUT2D eigenvalue weighted by molar-refractivity contribution is -0.347. The Morgan fingerprint density at radius 1 is 0.882 bits per heavy atom. The van der Waals surface area contributed by atoms with Gasteiger partial charge in [0.1, 0.15) is 11.6 Å². The van der Waals surface area contributed by atoms with Crippen LogP contribution in [0.25, 0.3) is 10.8 Å². The van der Waals surface area contributed by atoms with Crippen molar-refractivity contribution >= 4 is 10.8 Å². The summed E-state index contributed by atoms with van der Waals surface area (Å²) < 4.78 is 114. The Bertz CT molecular complexity index is 1210. The summed E-state index contributed by atoms with van der Waals surface area (Å²) in [7, 11) is 0. The van der Waals surface area contributed by atoms with Crippen LogP contribution in [0.2, 0.25) is 0 Å². The summed E-state index contributed by atoms with van der Waals surface area (Å²) in [5, 5.41) is -0.901. The molecule has 0 aliphatic carbocycles. The van der Waals surface area contributed by atoms with Crippen LogP contribution in [0.4, 0.5) is 30.7 Å². The molecule has 1 fully saturated rings. The number of rotatable bonds is 6. The van der Waals surface area contributed by atoms with E-state index in [1.165, 1.54) is 12.1 Å². The fourth-order valence-electron chi connectivity index (χ4n) is 3.84. The highest BCUT2D eigenvalue weighted by molar-refractivity contribution is 5.85. The van der Waals surface area contributed by atoms with Crippen molar-refractivity contribution in [2.24, 2.45) is 0 Å². The van der Waals surface area contributed by atoms with Gasteiger partial charge in [-0.15, -0.1) is 0 Å². The van der Waals surface area contributed by atoms with Gasteiger partial charge in [-0.2, -0.15) is 8.78 Å². The minimum absolute atomic E-state index is 0.0640. The maximum absolute atomic E-state index is 14.6. The van der Waals surface area contributed by atoms with Crippen LogP contribution < -0.4 is 4.74 Å². The van der Waals surface area contributed by atoms with Gasteiger partial charge < -0.3 is 14.2 Å². The van der Waals surface area contributed by atoms with Gasteiger partial charge in [0.2, 0.25) is 0 Å². The van der Waals surface area contributed by atoms with Gasteiger partial charge in [-0.3, -0.25) is 0 Å². The van der Waals surface area contributed by atoms with Gasteiger partial charge >= 0.3 is 6.11 Å². The Labute approximate surface area is 190 Å². The SMILES string of the molecule is CCCc1ccc(C2COC(C(F)(F)Oc3cc(F)c4c(F)c(F)ccc4c3)OC2)c(F)c1F. The molecule has 0 N–H and O–H groups in total. The third-order valence-corrected chi connectivity index (χ3v) is 5.51. The molecule has 0 saturated carbocycles. The molecule has 0 amide bonds. The van der Waals surface area contributed by atoms with Crippen LogP contribution in [-0.4, -0.2) is 25.6 Å². The van der Waals surface area contributed by atoms with Gasteiger partial charge in [-0.25, -0.2) is 22.0 Å². The second-order valence-electron chi connectivity index (χ2n) is 7.92. The quantitative estimate of drug-likeness (QED) is 0.365. The van der Waals surface area contributed by atoms with Crippen LogP contribution in [-0.2, 0) is 15.9 Å². The van der Waals surface area contributed by atoms with Crippen LogP contribution >= 0.6 is 0 Å². The zero-order chi connectivity index (χ0) is 24.6. The maximum atomic E-state index is 14.6. The minimum Gasteiger partial charge on any atom is -0.429 e. The molecule has 1 aliphatic rings. The summed E-state index contributed by atoms with van der Waals surface area (Å²) in [6, 6.07) is 5.94. The standard InChI is InChI=1S/C24H19F7O3/c1-2-3-12-4-6-16(21(28)20(12)27)14-10-32-23(33-11-14)24(30,31)34-15-8-13-5-7-17(25)22(29)19(13)18(26)9-15/h4-9,14,23H,2-3,10-11H2,1H3. The van der Waals surface area contributed by atoms with E-state index in [2.05, 4.69) is 4.74 Å². The molecule has 0 unspecified atom stereocenters. The van der Waals surface area contributed by atoms with Crippen molar-refractivity contribution in [3.05, 3.63) is 76.6 Å². The summed E-state index contributed by atoms with van der Waals surface area (Å²) in [4.78, 5) is 0. The molecular formula is C24H19F7O3. The van der Waals surface area contributed by atoms with Crippen LogP contribution in [0.5, 0.6) is 5.75 Å². The Morgan fingerprint density at radius 3 is 2.26 bits per heavy atom. The zero-order valence-corrected chi connectivity index (χ0v) is 17.8. The van der Waals surface area contributed by atoms with Crippen molar-refractivity contribution in [2.75, 3.05) is 13.2 Å². The molecule has 0 aromatic heterocycles. The van der Waals surface area contributed by atoms with E-state index in [1.54, 1.807) is 0 Å². The summed E-state index contributed by atoms with van der Waals surface area (Å²) >= 11 is 0. The molecule has 10 heteroatoms. The number of alkyl halides is 2. The van der Waals surface area contributed by atoms with E-state index < -0.39 is 71.8 Å². The highest BCUT2D eigenvalue weighted by Gasteiger charge is 2.48. The van der Waals surface area contributed by atoms with Crippen LogP contribution in [0.15, 0.2) is 36.4 Å². The number of fused-ring (bicyclic) bond motifs is 1. The first-order valence-corrected chi connectivity index (χ1v) is 10.5. The highest BCUT2D eigenvalue weighted by atomic mass is 19.3. The van der Waals surface area contributed by atoms with Crippen molar-refractivity contribution in [3.8, 4) is 5.75 Å². The normalized spacial score (nSPS) is 18.9. The summed E-state index contributed by atoms with van der Waals surface area (Å²) in [6.45, 7) is 0.994. The fraction of sp³-hybridized carbons (Fsp3) is 0.333. The van der Waals surface area contributed by atoms with E-state index in [0.29, 0.717) is 18.9 Å². The molecule has 3 nitrogen and oxygen atoms in total. The highest BCUT2D eigenvalue weighted by Crippen LogP contribution is 2.36. The minimum atomic E-state index is -4.11. The molecule has 182 valence electrons. The van der Waals surface area contributed by atoms with E-state index in [0.717, 1.165) is 18.2 Å². The number of halogens is 7. The van der Waals surface area contributed by atoms with E-state index in [4.69, 9.17) is 9.47 Å². The number of hydrogen-bond donors (Lipinski definition) is 0. The zero-order valence-electron chi connectivity index (χ0n) is 17.8. The number of ether oxygens (including phenoxy) is 3. The van der Waals surface area contributed by atoms with E-state index in [-0.39, 0.29) is 16.5 Å². The van der Waals surface area contributed by atoms with Gasteiger partial charge in [-0.05, 0) is 35.1 Å². The Hall–Kier alpha value is -2.85. The molecule has 0 bridgehead atoms. The molecule has 1 aliphatic heterocycles. The second kappa shape index (κ2) is 9.42. The van der Waals surface area contributed by atoms with E-state index in [9.17, 15) is 30.7 Å². The Morgan fingerprint density at radius 2 is 1.59 bits per heavy atom. The molecule has 4 rings (SSSR count). The third kappa shape index (κ3) is 4.56. The average molecular weight is 488 g/mol. The first kappa shape index (κ1) is 24.3. The molecule has 0 radical (unpaired) electrons. The van der Waals surface area contributed by atoms with Gasteiger partial charge in [0.05, 0.1) is 18.6 Å². The average Bonchev–Trinajstić information content (AvgIpc) is 2.79. The molecule has 3 aromatic carbocycles. The molecule has 1 saturated heterocycles. The monoisotopic (exact) mass is 488 g/mol. The van der Waals surface area contributed by atoms with E-state index >= 15 is 0 Å². The molecule has 34 heavy (non-hydrogen) atoms. The van der Waals surface area contributed by atoms with Crippen LogP contribution in [0.3, 0.4) is 0 Å². The molecule has 1 heterocycles. The Balaban J connectivity index is 1.47. The molecule has 0 spiro atoms. The lowest BCUT2D eigenvalue weighted by Gasteiger charge is -2.33. The first-order valence-electron chi connectivity index (χ1n) is 10.5. The van der Waals surface area contributed by atoms with Crippen LogP contribution in [0.1, 0.15) is 30.4 Å². The number of aryl methyl sites for hydroxylation is 1. The fourth-order valence-corrected chi connectivity index (χ4v) is 3.84. The Kier molecular flexibility index (Phi) is 6.73. The van der Waals surface area contributed by atoms with E-state index in [1.807, 2.05) is 6.92 Å². The second-order valence-corrected chi connectivity index (χ2v) is 7.92. The molecule has 3 aromatic rings. The first-order chi connectivity index (χ1) is 16.1. The summed E-state index contributed by atoms with van der Waals surface area (Å²) in [5.41, 5.74) is 0.148. The number of hydrogen-bond acceptors (Lipinski definition) is 3. The maximum Gasteiger partial charge on any atom is 0.451 e. The lowest BCUT2D eigenvalue weighted by Crippen LogP contribution is -2.47. The summed E-state index contributed by atoms with van der Waals surface area (Å²) in [6.07, 6.45) is -5.36. The third-order valence-electron chi connectivity index (χ3n) is 5.51. The van der Waals surface area contributed by atoms with Gasteiger partial charge in [0.25, 0.3) is 6.29 Å². The molecular weight excluding hydrogens is 469 g/mol. The number of benzene rings is 3. The van der Waals surface area contributed by atoms with Crippen molar-refractivity contribution in [2.45, 2.75) is 38.1 Å². The largest absolute Gasteiger partial charge is 0.451 e. The van der Waals surface area contributed by atoms with Crippen molar-refractivity contribution < 1.29 is 44.9 Å². The van der Waals surface area contributed by atoms with Crippen molar-refractivity contribution in [1.29, 1.82) is 0 Å². The van der Waals surface area contributed by atoms with Gasteiger partial charge in [0.15, 0.2) is 23.3 Å².